The molecule has 7 rings (SSSR count). The van der Waals surface area contributed by atoms with E-state index in [0.717, 1.165) is 22.1 Å². The maximum absolute atomic E-state index is 4.95. The van der Waals surface area contributed by atoms with Crippen molar-refractivity contribution in [3.63, 3.8) is 0 Å². The molecule has 0 fully saturated rings. The summed E-state index contributed by atoms with van der Waals surface area (Å²) >= 11 is 1.86. The van der Waals surface area contributed by atoms with E-state index in [4.69, 9.17) is 4.98 Å². The van der Waals surface area contributed by atoms with Crippen LogP contribution in [0.15, 0.2) is 79.1 Å². The SMILES string of the molecule is c1ccc2c(c1)nc1c3cnccc3c3c4c(ccc3n21)sc1ccccc14. The van der Waals surface area contributed by atoms with Crippen LogP contribution in [0.2, 0.25) is 0 Å². The van der Waals surface area contributed by atoms with Crippen LogP contribution >= 0.6 is 11.3 Å². The summed E-state index contributed by atoms with van der Waals surface area (Å²) in [6, 6.07) is 23.7. The Morgan fingerprint density at radius 2 is 1.57 bits per heavy atom. The van der Waals surface area contributed by atoms with Gasteiger partial charge in [-0.2, -0.15) is 0 Å². The van der Waals surface area contributed by atoms with E-state index in [1.807, 2.05) is 29.8 Å². The summed E-state index contributed by atoms with van der Waals surface area (Å²) in [6.45, 7) is 0. The van der Waals surface area contributed by atoms with Crippen LogP contribution in [0, 0.1) is 0 Å². The van der Waals surface area contributed by atoms with Gasteiger partial charge in [0, 0.05) is 43.3 Å². The monoisotopic (exact) mass is 375 g/mol. The molecule has 0 unspecified atom stereocenters. The van der Waals surface area contributed by atoms with Gasteiger partial charge in [0.25, 0.3) is 0 Å². The molecule has 0 bridgehead atoms. The fourth-order valence-corrected chi connectivity index (χ4v) is 5.62. The van der Waals surface area contributed by atoms with Crippen molar-refractivity contribution in [2.45, 2.75) is 0 Å². The fraction of sp³-hybridized carbons (Fsp3) is 0. The molecule has 7 aromatic rings. The van der Waals surface area contributed by atoms with Crippen LogP contribution in [-0.4, -0.2) is 14.4 Å². The van der Waals surface area contributed by atoms with E-state index in [1.54, 1.807) is 0 Å². The Bertz CT molecular complexity index is 1710. The number of benzene rings is 3. The Labute approximate surface area is 163 Å². The fourth-order valence-electron chi connectivity index (χ4n) is 4.51. The first-order chi connectivity index (χ1) is 13.9. The van der Waals surface area contributed by atoms with E-state index in [0.29, 0.717) is 0 Å². The first-order valence-corrected chi connectivity index (χ1v) is 10.1. The van der Waals surface area contributed by atoms with Crippen molar-refractivity contribution in [3.05, 3.63) is 79.1 Å². The third-order valence-corrected chi connectivity index (χ3v) is 6.79. The van der Waals surface area contributed by atoms with Gasteiger partial charge in [0.05, 0.1) is 16.6 Å². The van der Waals surface area contributed by atoms with E-state index < -0.39 is 0 Å². The molecule has 3 aromatic carbocycles. The number of para-hydroxylation sites is 2. The van der Waals surface area contributed by atoms with Crippen LogP contribution in [0.1, 0.15) is 0 Å². The van der Waals surface area contributed by atoms with E-state index >= 15 is 0 Å². The van der Waals surface area contributed by atoms with Gasteiger partial charge in [0.2, 0.25) is 0 Å². The molecule has 0 N–H and O–H groups in total. The molecule has 0 aliphatic heterocycles. The zero-order valence-corrected chi connectivity index (χ0v) is 15.6. The van der Waals surface area contributed by atoms with E-state index in [2.05, 4.69) is 70.0 Å². The second-order valence-corrected chi connectivity index (χ2v) is 8.20. The van der Waals surface area contributed by atoms with Gasteiger partial charge in [-0.15, -0.1) is 11.3 Å². The molecule has 28 heavy (non-hydrogen) atoms. The molecule has 0 amide bonds. The third kappa shape index (κ3) is 1.69. The topological polar surface area (TPSA) is 30.2 Å². The highest BCUT2D eigenvalue weighted by molar-refractivity contribution is 7.26. The largest absolute Gasteiger partial charge is 0.292 e. The summed E-state index contributed by atoms with van der Waals surface area (Å²) in [4.78, 5) is 9.37. The molecule has 0 aliphatic rings. The van der Waals surface area contributed by atoms with Crippen LogP contribution in [0.3, 0.4) is 0 Å². The van der Waals surface area contributed by atoms with Crippen LogP contribution < -0.4 is 0 Å². The molecule has 4 heterocycles. The highest BCUT2D eigenvalue weighted by Gasteiger charge is 2.17. The molecule has 4 aromatic heterocycles. The predicted octanol–water partition coefficient (Wildman–Crippen LogP) is 6.56. The molecule has 3 nitrogen and oxygen atoms in total. The minimum Gasteiger partial charge on any atom is -0.292 e. The lowest BCUT2D eigenvalue weighted by Gasteiger charge is -2.10. The Morgan fingerprint density at radius 3 is 2.57 bits per heavy atom. The van der Waals surface area contributed by atoms with Crippen LogP contribution in [-0.2, 0) is 0 Å². The van der Waals surface area contributed by atoms with Crippen molar-refractivity contribution in [2.24, 2.45) is 0 Å². The summed E-state index contributed by atoms with van der Waals surface area (Å²) in [7, 11) is 0. The van der Waals surface area contributed by atoms with Gasteiger partial charge in [0.15, 0.2) is 0 Å². The zero-order chi connectivity index (χ0) is 18.2. The van der Waals surface area contributed by atoms with Crippen LogP contribution in [0.25, 0.3) is 58.5 Å². The van der Waals surface area contributed by atoms with Gasteiger partial charge in [-0.05, 0) is 41.8 Å². The van der Waals surface area contributed by atoms with Crippen molar-refractivity contribution >= 4 is 69.9 Å². The number of hydrogen-bond acceptors (Lipinski definition) is 3. The number of thiophene rings is 1. The zero-order valence-electron chi connectivity index (χ0n) is 14.8. The van der Waals surface area contributed by atoms with Crippen LogP contribution in [0.5, 0.6) is 0 Å². The van der Waals surface area contributed by atoms with Gasteiger partial charge < -0.3 is 0 Å². The van der Waals surface area contributed by atoms with Gasteiger partial charge in [-0.1, -0.05) is 30.3 Å². The third-order valence-electron chi connectivity index (χ3n) is 5.65. The standard InChI is InChI=1S/C24H13N3S/c1-4-8-20-15(5-1)23-21(28-20)10-9-19-22(23)14-11-12-25-13-16(14)24-26-17-6-2-3-7-18(17)27(19)24/h1-13H. The molecule has 0 saturated carbocycles. The first kappa shape index (κ1) is 14.5. The van der Waals surface area contributed by atoms with Crippen molar-refractivity contribution in [2.75, 3.05) is 0 Å². The maximum Gasteiger partial charge on any atom is 0.147 e. The average molecular weight is 375 g/mol. The number of rotatable bonds is 0. The molecule has 0 aliphatic carbocycles. The summed E-state index contributed by atoms with van der Waals surface area (Å²) in [5, 5.41) is 6.22. The van der Waals surface area contributed by atoms with Gasteiger partial charge >= 0.3 is 0 Å². The smallest absolute Gasteiger partial charge is 0.147 e. The lowest BCUT2D eigenvalue weighted by Crippen LogP contribution is -1.92. The summed E-state index contributed by atoms with van der Waals surface area (Å²) in [5.74, 6) is 0. The molecule has 0 radical (unpaired) electrons. The highest BCUT2D eigenvalue weighted by atomic mass is 32.1. The molecule has 0 atom stereocenters. The average Bonchev–Trinajstić information content (AvgIpc) is 3.32. The Morgan fingerprint density at radius 1 is 0.679 bits per heavy atom. The summed E-state index contributed by atoms with van der Waals surface area (Å²) < 4.78 is 4.93. The molecular weight excluding hydrogens is 362 g/mol. The minimum atomic E-state index is 0.968. The lowest BCUT2D eigenvalue weighted by atomic mass is 10.0. The van der Waals surface area contributed by atoms with Gasteiger partial charge in [-0.25, -0.2) is 4.98 Å². The second kappa shape index (κ2) is 5.06. The maximum atomic E-state index is 4.95. The number of pyridine rings is 2. The van der Waals surface area contributed by atoms with Crippen molar-refractivity contribution < 1.29 is 0 Å². The molecule has 130 valence electrons. The van der Waals surface area contributed by atoms with E-state index in [9.17, 15) is 0 Å². The first-order valence-electron chi connectivity index (χ1n) is 9.27. The minimum absolute atomic E-state index is 0.968. The van der Waals surface area contributed by atoms with Crippen molar-refractivity contribution in [1.82, 2.24) is 14.4 Å². The van der Waals surface area contributed by atoms with E-state index in [-0.39, 0.29) is 0 Å². The van der Waals surface area contributed by atoms with Crippen molar-refractivity contribution in [1.29, 1.82) is 0 Å². The van der Waals surface area contributed by atoms with Gasteiger partial charge in [0.1, 0.15) is 5.65 Å². The summed E-state index contributed by atoms with van der Waals surface area (Å²) in [6.07, 6.45) is 3.83. The number of aromatic nitrogens is 3. The lowest BCUT2D eigenvalue weighted by molar-refractivity contribution is 1.30. The second-order valence-electron chi connectivity index (χ2n) is 7.11. The number of nitrogens with zero attached hydrogens (tertiary/aromatic N) is 3. The summed E-state index contributed by atoms with van der Waals surface area (Å²) in [5.41, 5.74) is 4.30. The molecule has 0 saturated heterocycles. The van der Waals surface area contributed by atoms with Crippen molar-refractivity contribution in [3.8, 4) is 0 Å². The van der Waals surface area contributed by atoms with E-state index in [1.165, 1.54) is 36.5 Å². The number of imidazole rings is 1. The molecule has 4 heteroatoms. The normalized spacial score (nSPS) is 12.3. The Hall–Kier alpha value is -3.50. The highest BCUT2D eigenvalue weighted by Crippen LogP contribution is 2.42. The quantitative estimate of drug-likeness (QED) is 0.281. The number of hydrogen-bond donors (Lipinski definition) is 0. The Balaban J connectivity index is 1.92. The van der Waals surface area contributed by atoms with Gasteiger partial charge in [-0.3, -0.25) is 9.38 Å². The molecular formula is C24H13N3S. The Kier molecular flexibility index (Phi) is 2.63. The number of fused-ring (bicyclic) bond motifs is 12. The predicted molar refractivity (Wildman–Crippen MR) is 118 cm³/mol. The van der Waals surface area contributed by atoms with Crippen LogP contribution in [0.4, 0.5) is 0 Å². The molecule has 0 spiro atoms.